The molecule has 0 radical (unpaired) electrons. The molecule has 0 fully saturated rings. The van der Waals surface area contributed by atoms with E-state index < -0.39 is 13.9 Å². The Morgan fingerprint density at radius 3 is 2.24 bits per heavy atom. The van der Waals surface area contributed by atoms with Crippen LogP contribution in [0.15, 0.2) is 30.3 Å². The average Bonchev–Trinajstić information content (AvgIpc) is 2.37. The molecular weight excluding hydrogens is 287 g/mol. The highest BCUT2D eigenvalue weighted by Crippen LogP contribution is 2.39. The van der Waals surface area contributed by atoms with Gasteiger partial charge < -0.3 is 9.79 Å². The maximum absolute atomic E-state index is 11.1. The minimum absolute atomic E-state index is 0.424. The van der Waals surface area contributed by atoms with Crippen LogP contribution in [0.4, 0.5) is 0 Å². The Morgan fingerprint density at radius 2 is 1.67 bits per heavy atom. The van der Waals surface area contributed by atoms with Crippen molar-refractivity contribution in [3.8, 4) is 0 Å². The Bertz CT molecular complexity index is 427. The quantitative estimate of drug-likeness (QED) is 0.499. The number of benzene rings is 1. The van der Waals surface area contributed by atoms with Gasteiger partial charge in [-0.15, -0.1) is 0 Å². The van der Waals surface area contributed by atoms with Gasteiger partial charge in [-0.3, -0.25) is 4.52 Å². The lowest BCUT2D eigenvalue weighted by Crippen LogP contribution is -2.15. The van der Waals surface area contributed by atoms with Gasteiger partial charge in [0, 0.05) is 0 Å². The molecule has 0 spiro atoms. The molecule has 1 atom stereocenters. The zero-order valence-corrected chi connectivity index (χ0v) is 13.8. The van der Waals surface area contributed by atoms with E-state index >= 15 is 0 Å². The molecule has 0 saturated carbocycles. The molecule has 1 aromatic rings. The standard InChI is InChI=1S/C16H27O4P/c1-14(2)9-5-3-8-12-16(20-21(17,18)19)13-15-10-6-4-7-11-15/h4,6-7,10-11,14,16H,3,5,8-9,12-13H2,1-2H3,(H2,17,18,19). The predicted molar refractivity (Wildman–Crippen MR) is 85.0 cm³/mol. The highest BCUT2D eigenvalue weighted by molar-refractivity contribution is 7.46. The van der Waals surface area contributed by atoms with Crippen LogP contribution in [0.1, 0.15) is 51.5 Å². The Morgan fingerprint density at radius 1 is 1.05 bits per heavy atom. The zero-order chi connectivity index (χ0) is 15.7. The smallest absolute Gasteiger partial charge is 0.303 e. The maximum Gasteiger partial charge on any atom is 0.469 e. The predicted octanol–water partition coefficient (Wildman–Crippen LogP) is 4.31. The Balaban J connectivity index is 2.43. The van der Waals surface area contributed by atoms with Gasteiger partial charge >= 0.3 is 7.82 Å². The number of hydrogen-bond acceptors (Lipinski definition) is 2. The summed E-state index contributed by atoms with van der Waals surface area (Å²) in [4.78, 5) is 18.1. The first-order valence-corrected chi connectivity index (χ1v) is 9.17. The van der Waals surface area contributed by atoms with Gasteiger partial charge in [0.15, 0.2) is 0 Å². The lowest BCUT2D eigenvalue weighted by molar-refractivity contribution is 0.124. The fraction of sp³-hybridized carbons (Fsp3) is 0.625. The molecule has 0 saturated heterocycles. The first-order chi connectivity index (χ1) is 9.87. The van der Waals surface area contributed by atoms with Gasteiger partial charge in [-0.1, -0.05) is 69.9 Å². The molecule has 0 aliphatic heterocycles. The molecule has 0 bridgehead atoms. The molecule has 0 amide bonds. The van der Waals surface area contributed by atoms with Crippen molar-refractivity contribution in [3.63, 3.8) is 0 Å². The molecule has 21 heavy (non-hydrogen) atoms. The van der Waals surface area contributed by atoms with Crippen LogP contribution in [-0.2, 0) is 15.5 Å². The van der Waals surface area contributed by atoms with Crippen molar-refractivity contribution in [2.24, 2.45) is 5.92 Å². The summed E-state index contributed by atoms with van der Waals surface area (Å²) in [6.07, 6.45) is 5.16. The highest BCUT2D eigenvalue weighted by Gasteiger charge is 2.22. The molecule has 1 rings (SSSR count). The summed E-state index contributed by atoms with van der Waals surface area (Å²) in [6, 6.07) is 9.68. The summed E-state index contributed by atoms with van der Waals surface area (Å²) in [7, 11) is -4.43. The number of unbranched alkanes of at least 4 members (excludes halogenated alkanes) is 2. The SMILES string of the molecule is CC(C)CCCCCC(Cc1ccccc1)OP(=O)(O)O. The summed E-state index contributed by atoms with van der Waals surface area (Å²) < 4.78 is 16.0. The van der Waals surface area contributed by atoms with Gasteiger partial charge in [0.2, 0.25) is 0 Å². The van der Waals surface area contributed by atoms with Crippen LogP contribution >= 0.6 is 7.82 Å². The molecule has 120 valence electrons. The molecule has 0 aliphatic rings. The largest absolute Gasteiger partial charge is 0.469 e. The van der Waals surface area contributed by atoms with Crippen LogP contribution in [0.5, 0.6) is 0 Å². The van der Waals surface area contributed by atoms with Crippen LogP contribution in [0.3, 0.4) is 0 Å². The normalized spacial score (nSPS) is 13.6. The van der Waals surface area contributed by atoms with Gasteiger partial charge in [0.25, 0.3) is 0 Å². The summed E-state index contributed by atoms with van der Waals surface area (Å²) >= 11 is 0. The molecule has 1 unspecified atom stereocenters. The van der Waals surface area contributed by atoms with Gasteiger partial charge in [-0.2, -0.15) is 0 Å². The van der Waals surface area contributed by atoms with Crippen molar-refractivity contribution >= 4 is 7.82 Å². The summed E-state index contributed by atoms with van der Waals surface area (Å²) in [6.45, 7) is 4.41. The lowest BCUT2D eigenvalue weighted by Gasteiger charge is -2.18. The second-order valence-electron chi connectivity index (χ2n) is 5.94. The van der Waals surface area contributed by atoms with Crippen molar-refractivity contribution in [3.05, 3.63) is 35.9 Å². The molecule has 0 aromatic heterocycles. The Hall–Kier alpha value is -0.670. The first kappa shape index (κ1) is 18.4. The number of phosphoric ester groups is 1. The van der Waals surface area contributed by atoms with E-state index in [2.05, 4.69) is 13.8 Å². The van der Waals surface area contributed by atoms with Gasteiger partial charge in [-0.05, 0) is 24.3 Å². The fourth-order valence-corrected chi connectivity index (χ4v) is 2.93. The summed E-state index contributed by atoms with van der Waals surface area (Å²) in [5.41, 5.74) is 1.04. The van der Waals surface area contributed by atoms with Crippen LogP contribution in [0, 0.1) is 5.92 Å². The average molecular weight is 314 g/mol. The molecule has 5 heteroatoms. The third kappa shape index (κ3) is 9.81. The van der Waals surface area contributed by atoms with Gasteiger partial charge in [-0.25, -0.2) is 4.57 Å². The van der Waals surface area contributed by atoms with E-state index in [-0.39, 0.29) is 0 Å². The molecule has 2 N–H and O–H groups in total. The zero-order valence-electron chi connectivity index (χ0n) is 12.9. The van der Waals surface area contributed by atoms with Crippen LogP contribution in [0.2, 0.25) is 0 Å². The maximum atomic E-state index is 11.1. The van der Waals surface area contributed by atoms with Crippen molar-refractivity contribution in [1.29, 1.82) is 0 Å². The van der Waals surface area contributed by atoms with E-state index in [4.69, 9.17) is 14.3 Å². The van der Waals surface area contributed by atoms with Gasteiger partial charge in [0.1, 0.15) is 0 Å². The highest BCUT2D eigenvalue weighted by atomic mass is 31.2. The Labute approximate surface area is 127 Å². The van der Waals surface area contributed by atoms with E-state index in [0.29, 0.717) is 18.8 Å². The second-order valence-corrected chi connectivity index (χ2v) is 7.13. The van der Waals surface area contributed by atoms with Crippen molar-refractivity contribution < 1.29 is 18.9 Å². The monoisotopic (exact) mass is 314 g/mol. The summed E-state index contributed by atoms with van der Waals surface area (Å²) in [5.74, 6) is 0.705. The third-order valence-corrected chi connectivity index (χ3v) is 3.97. The number of rotatable bonds is 10. The molecule has 0 aliphatic carbocycles. The fourth-order valence-electron chi connectivity index (χ4n) is 2.36. The second kappa shape index (κ2) is 9.37. The van der Waals surface area contributed by atoms with Gasteiger partial charge in [0.05, 0.1) is 6.10 Å². The minimum Gasteiger partial charge on any atom is -0.303 e. The van der Waals surface area contributed by atoms with E-state index in [1.807, 2.05) is 30.3 Å². The Kier molecular flexibility index (Phi) is 8.20. The minimum atomic E-state index is -4.43. The van der Waals surface area contributed by atoms with Crippen molar-refractivity contribution in [2.75, 3.05) is 0 Å². The van der Waals surface area contributed by atoms with E-state index in [9.17, 15) is 4.57 Å². The van der Waals surface area contributed by atoms with Crippen LogP contribution < -0.4 is 0 Å². The van der Waals surface area contributed by atoms with E-state index in [0.717, 1.165) is 24.8 Å². The summed E-state index contributed by atoms with van der Waals surface area (Å²) in [5, 5.41) is 0. The topological polar surface area (TPSA) is 66.8 Å². The van der Waals surface area contributed by atoms with Crippen LogP contribution in [-0.4, -0.2) is 15.9 Å². The number of hydrogen-bond donors (Lipinski definition) is 2. The van der Waals surface area contributed by atoms with Crippen molar-refractivity contribution in [2.45, 2.75) is 58.5 Å². The molecular formula is C16H27O4P. The molecule has 4 nitrogen and oxygen atoms in total. The number of phosphoric acid groups is 1. The van der Waals surface area contributed by atoms with Crippen molar-refractivity contribution in [1.82, 2.24) is 0 Å². The lowest BCUT2D eigenvalue weighted by atomic mass is 10.0. The molecule has 1 aromatic carbocycles. The third-order valence-electron chi connectivity index (χ3n) is 3.40. The molecule has 0 heterocycles. The van der Waals surface area contributed by atoms with Crippen LogP contribution in [0.25, 0.3) is 0 Å². The van der Waals surface area contributed by atoms with E-state index in [1.54, 1.807) is 0 Å². The first-order valence-electron chi connectivity index (χ1n) is 7.64. The van der Waals surface area contributed by atoms with E-state index in [1.165, 1.54) is 6.42 Å².